The Morgan fingerprint density at radius 1 is 0.878 bits per heavy atom. The molecule has 41 heavy (non-hydrogen) atoms. The number of nitrogens with zero attached hydrogens (tertiary/aromatic N) is 2. The van der Waals surface area contributed by atoms with Gasteiger partial charge in [-0.15, -0.1) is 0 Å². The van der Waals surface area contributed by atoms with Gasteiger partial charge >= 0.3 is 0 Å². The monoisotopic (exact) mass is 617 g/mol. The Bertz CT molecular complexity index is 1460. The predicted octanol–water partition coefficient (Wildman–Crippen LogP) is 6.53. The van der Waals surface area contributed by atoms with Gasteiger partial charge in [0.15, 0.2) is 0 Å². The molecule has 0 aromatic heterocycles. The molecule has 7 nitrogen and oxygen atoms in total. The highest BCUT2D eigenvalue weighted by Gasteiger charge is 2.35. The lowest BCUT2D eigenvalue weighted by atomic mass is 10.1. The van der Waals surface area contributed by atoms with E-state index < -0.39 is 28.5 Å². The Morgan fingerprint density at radius 2 is 1.49 bits per heavy atom. The molecule has 0 bridgehead atoms. The Morgan fingerprint density at radius 3 is 2.07 bits per heavy atom. The topological polar surface area (TPSA) is 86.8 Å². The molecule has 0 saturated heterocycles. The van der Waals surface area contributed by atoms with E-state index in [1.165, 1.54) is 17.0 Å². The fourth-order valence-corrected chi connectivity index (χ4v) is 6.46. The first-order valence-corrected chi connectivity index (χ1v) is 15.8. The van der Waals surface area contributed by atoms with Crippen molar-refractivity contribution in [3.05, 3.63) is 93.5 Å². The Hall–Kier alpha value is -3.07. The van der Waals surface area contributed by atoms with Crippen molar-refractivity contribution in [3.63, 3.8) is 0 Å². The Balaban J connectivity index is 2.13. The van der Waals surface area contributed by atoms with Gasteiger partial charge in [0, 0.05) is 28.2 Å². The SMILES string of the molecule is CC[C@@H](C)NC(=O)[C@H](CC)N(Cc1c(Cl)cccc1Cl)C(=O)CN(c1cccc(C)c1C)S(=O)(=O)c1ccccc1. The van der Waals surface area contributed by atoms with Gasteiger partial charge in [0.2, 0.25) is 11.8 Å². The van der Waals surface area contributed by atoms with Crippen LogP contribution in [0.2, 0.25) is 10.0 Å². The summed E-state index contributed by atoms with van der Waals surface area (Å²) in [5, 5.41) is 3.64. The van der Waals surface area contributed by atoms with Crippen LogP contribution < -0.4 is 9.62 Å². The smallest absolute Gasteiger partial charge is 0.264 e. The highest BCUT2D eigenvalue weighted by molar-refractivity contribution is 7.92. The lowest BCUT2D eigenvalue weighted by Crippen LogP contribution is -2.53. The maximum Gasteiger partial charge on any atom is 0.264 e. The average Bonchev–Trinajstić information content (AvgIpc) is 2.95. The predicted molar refractivity (Wildman–Crippen MR) is 166 cm³/mol. The third kappa shape index (κ3) is 7.61. The van der Waals surface area contributed by atoms with Crippen molar-refractivity contribution in [1.29, 1.82) is 0 Å². The lowest BCUT2D eigenvalue weighted by Gasteiger charge is -2.34. The van der Waals surface area contributed by atoms with Crippen LogP contribution in [0.3, 0.4) is 0 Å². The standard InChI is InChI=1S/C31H37Cl2N3O4S/c1-6-22(4)34-31(38)28(7-2)35(19-25-26(32)16-12-17-27(25)33)30(37)20-36(29-18-11-13-21(3)23(29)5)41(39,40)24-14-9-8-10-15-24/h8-18,22,28H,6-7,19-20H2,1-5H3,(H,34,38)/t22-,28+/m1/s1. The van der Waals surface area contributed by atoms with Crippen LogP contribution in [-0.4, -0.2) is 43.8 Å². The number of amides is 2. The van der Waals surface area contributed by atoms with Gasteiger partial charge in [-0.3, -0.25) is 13.9 Å². The number of rotatable bonds is 12. The first-order chi connectivity index (χ1) is 19.4. The number of nitrogens with one attached hydrogen (secondary N) is 1. The molecule has 220 valence electrons. The van der Waals surface area contributed by atoms with E-state index in [1.54, 1.807) is 55.5 Å². The van der Waals surface area contributed by atoms with Gasteiger partial charge in [-0.1, -0.05) is 73.4 Å². The highest BCUT2D eigenvalue weighted by atomic mass is 35.5. The molecule has 2 atom stereocenters. The van der Waals surface area contributed by atoms with E-state index in [0.717, 1.165) is 15.4 Å². The number of hydrogen-bond donors (Lipinski definition) is 1. The number of sulfonamides is 1. The van der Waals surface area contributed by atoms with Gasteiger partial charge < -0.3 is 10.2 Å². The zero-order chi connectivity index (χ0) is 30.3. The minimum absolute atomic E-state index is 0.0518. The summed E-state index contributed by atoms with van der Waals surface area (Å²) >= 11 is 13.0. The van der Waals surface area contributed by atoms with Crippen LogP contribution >= 0.6 is 23.2 Å². The number of halogens is 2. The second-order valence-electron chi connectivity index (χ2n) is 10.0. The number of aryl methyl sites for hydroxylation is 1. The first-order valence-electron chi connectivity index (χ1n) is 13.6. The molecular formula is C31H37Cl2N3O4S. The largest absolute Gasteiger partial charge is 0.352 e. The Labute approximate surface area is 253 Å². The highest BCUT2D eigenvalue weighted by Crippen LogP contribution is 2.31. The number of carbonyl (C=O) groups is 2. The van der Waals surface area contributed by atoms with Crippen LogP contribution in [0.15, 0.2) is 71.6 Å². The van der Waals surface area contributed by atoms with Crippen molar-refractivity contribution < 1.29 is 18.0 Å². The minimum atomic E-state index is -4.15. The van der Waals surface area contributed by atoms with E-state index in [-0.39, 0.29) is 23.4 Å². The summed E-state index contributed by atoms with van der Waals surface area (Å²) in [5.74, 6) is -0.893. The van der Waals surface area contributed by atoms with Gasteiger partial charge in [0.1, 0.15) is 12.6 Å². The molecule has 0 heterocycles. The fourth-order valence-electron chi connectivity index (χ4n) is 4.45. The first kappa shape index (κ1) is 32.4. The van der Waals surface area contributed by atoms with Crippen LogP contribution in [0.1, 0.15) is 50.3 Å². The van der Waals surface area contributed by atoms with Gasteiger partial charge in [-0.05, 0) is 75.1 Å². The third-order valence-corrected chi connectivity index (χ3v) is 9.71. The molecule has 0 aliphatic heterocycles. The summed E-state index contributed by atoms with van der Waals surface area (Å²) < 4.78 is 29.1. The van der Waals surface area contributed by atoms with Gasteiger partial charge in [-0.2, -0.15) is 0 Å². The van der Waals surface area contributed by atoms with Crippen LogP contribution in [0, 0.1) is 13.8 Å². The molecule has 0 unspecified atom stereocenters. The van der Waals surface area contributed by atoms with Crippen molar-refractivity contribution in [2.75, 3.05) is 10.8 Å². The summed E-state index contributed by atoms with van der Waals surface area (Å²) in [7, 11) is -4.15. The van der Waals surface area contributed by atoms with Gasteiger partial charge in [0.25, 0.3) is 10.0 Å². The second kappa shape index (κ2) is 14.2. The molecule has 1 N–H and O–H groups in total. The summed E-state index contributed by atoms with van der Waals surface area (Å²) in [4.78, 5) is 29.1. The molecule has 0 saturated carbocycles. The zero-order valence-electron chi connectivity index (χ0n) is 24.0. The van der Waals surface area contributed by atoms with Crippen molar-refractivity contribution in [3.8, 4) is 0 Å². The summed E-state index contributed by atoms with van der Waals surface area (Å²) in [6.45, 7) is 8.74. The summed E-state index contributed by atoms with van der Waals surface area (Å²) in [6, 6.07) is 17.3. The number of benzene rings is 3. The molecule has 3 aromatic carbocycles. The van der Waals surface area contributed by atoms with E-state index in [4.69, 9.17) is 23.2 Å². The van der Waals surface area contributed by atoms with Crippen LogP contribution in [0.5, 0.6) is 0 Å². The maximum atomic E-state index is 14.2. The molecule has 3 rings (SSSR count). The van der Waals surface area contributed by atoms with Crippen LogP contribution in [0.25, 0.3) is 0 Å². The van der Waals surface area contributed by atoms with E-state index in [9.17, 15) is 18.0 Å². The van der Waals surface area contributed by atoms with Crippen LogP contribution in [-0.2, 0) is 26.2 Å². The van der Waals surface area contributed by atoms with E-state index in [2.05, 4.69) is 5.32 Å². The fraction of sp³-hybridized carbons (Fsp3) is 0.355. The molecule has 2 amide bonds. The summed E-state index contributed by atoms with van der Waals surface area (Å²) in [6.07, 6.45) is 1.01. The quantitative estimate of drug-likeness (QED) is 0.250. The molecule has 0 radical (unpaired) electrons. The number of hydrogen-bond acceptors (Lipinski definition) is 4. The molecule has 3 aromatic rings. The summed E-state index contributed by atoms with van der Waals surface area (Å²) in [5.41, 5.74) is 2.46. The van der Waals surface area contributed by atoms with E-state index >= 15 is 0 Å². The number of carbonyl (C=O) groups excluding carboxylic acids is 2. The third-order valence-electron chi connectivity index (χ3n) is 7.23. The second-order valence-corrected chi connectivity index (χ2v) is 12.7. The van der Waals surface area contributed by atoms with E-state index in [0.29, 0.717) is 34.1 Å². The van der Waals surface area contributed by atoms with Gasteiger partial charge in [-0.25, -0.2) is 8.42 Å². The minimum Gasteiger partial charge on any atom is -0.352 e. The van der Waals surface area contributed by atoms with Crippen molar-refractivity contribution in [2.45, 2.75) is 71.0 Å². The molecule has 10 heteroatoms. The normalized spacial score (nSPS) is 12.9. The maximum absolute atomic E-state index is 14.2. The van der Waals surface area contributed by atoms with Crippen molar-refractivity contribution in [2.24, 2.45) is 0 Å². The Kier molecular flexibility index (Phi) is 11.2. The molecule has 0 spiro atoms. The van der Waals surface area contributed by atoms with E-state index in [1.807, 2.05) is 33.8 Å². The lowest BCUT2D eigenvalue weighted by molar-refractivity contribution is -0.140. The average molecular weight is 619 g/mol. The molecular weight excluding hydrogens is 581 g/mol. The number of anilines is 1. The van der Waals surface area contributed by atoms with Crippen LogP contribution in [0.4, 0.5) is 5.69 Å². The molecule has 0 fully saturated rings. The molecule has 0 aliphatic rings. The van der Waals surface area contributed by atoms with Gasteiger partial charge in [0.05, 0.1) is 10.6 Å². The van der Waals surface area contributed by atoms with Crippen molar-refractivity contribution >= 4 is 50.7 Å². The zero-order valence-corrected chi connectivity index (χ0v) is 26.4. The van der Waals surface area contributed by atoms with Crippen molar-refractivity contribution in [1.82, 2.24) is 10.2 Å². The molecule has 0 aliphatic carbocycles.